The minimum absolute atomic E-state index is 0.0387. The minimum atomic E-state index is -4.67. The highest BCUT2D eigenvalue weighted by atomic mass is 35.5. The number of carbonyl (C=O) groups excluding carboxylic acids is 1. The maximum Gasteiger partial charge on any atom is 0.451 e. The number of rotatable bonds is 3. The van der Waals surface area contributed by atoms with Crippen molar-refractivity contribution in [1.82, 2.24) is 29.0 Å². The average molecular weight is 529 g/mol. The predicted octanol–water partition coefficient (Wildman–Crippen LogP) is 3.93. The summed E-state index contributed by atoms with van der Waals surface area (Å²) in [7, 11) is 0. The maximum atomic E-state index is 14.6. The molecular weight excluding hydrogens is 515 g/mol. The van der Waals surface area contributed by atoms with Gasteiger partial charge in [-0.2, -0.15) is 13.2 Å². The van der Waals surface area contributed by atoms with Crippen LogP contribution in [0.15, 0.2) is 35.3 Å². The maximum absolute atomic E-state index is 14.6. The zero-order valence-corrected chi connectivity index (χ0v) is 19.0. The van der Waals surface area contributed by atoms with Crippen LogP contribution < -0.4 is 5.56 Å². The molecular formula is C21H14Cl2F4N6O2. The fourth-order valence-corrected chi connectivity index (χ4v) is 4.53. The van der Waals surface area contributed by atoms with E-state index in [0.717, 1.165) is 10.6 Å². The smallest absolute Gasteiger partial charge is 0.329 e. The number of halogens is 6. The molecule has 182 valence electrons. The first kappa shape index (κ1) is 23.4. The number of amides is 1. The Morgan fingerprint density at radius 2 is 1.91 bits per heavy atom. The van der Waals surface area contributed by atoms with Gasteiger partial charge in [0.15, 0.2) is 5.82 Å². The van der Waals surface area contributed by atoms with Gasteiger partial charge in [-0.3, -0.25) is 14.0 Å². The SMILES string of the molecule is O=C(c1cc(Cc2c[nH]c(=O)c3cc(Cl)c(Cl)n23)ccc1F)N1CCn2c(nnc2C(F)(F)F)C1. The molecule has 0 unspecified atom stereocenters. The van der Waals surface area contributed by atoms with Crippen molar-refractivity contribution < 1.29 is 22.4 Å². The topological polar surface area (TPSA) is 88.3 Å². The summed E-state index contributed by atoms with van der Waals surface area (Å²) in [5.74, 6) is -2.65. The normalized spacial score (nSPS) is 13.9. The number of hydrogen-bond donors (Lipinski definition) is 1. The average Bonchev–Trinajstić information content (AvgIpc) is 3.38. The molecule has 0 saturated carbocycles. The number of benzene rings is 1. The molecule has 1 aromatic carbocycles. The van der Waals surface area contributed by atoms with Crippen LogP contribution in [0.2, 0.25) is 10.2 Å². The molecule has 1 aliphatic rings. The second kappa shape index (κ2) is 8.38. The molecule has 0 fully saturated rings. The van der Waals surface area contributed by atoms with Gasteiger partial charge in [-0.25, -0.2) is 4.39 Å². The molecule has 1 amide bonds. The van der Waals surface area contributed by atoms with Gasteiger partial charge >= 0.3 is 6.18 Å². The second-order valence-corrected chi connectivity index (χ2v) is 8.69. The summed E-state index contributed by atoms with van der Waals surface area (Å²) in [5.41, 5.74) is 0.648. The van der Waals surface area contributed by atoms with Gasteiger partial charge in [0.05, 0.1) is 17.1 Å². The van der Waals surface area contributed by atoms with Crippen molar-refractivity contribution in [3.05, 3.63) is 85.3 Å². The van der Waals surface area contributed by atoms with E-state index in [1.165, 1.54) is 33.7 Å². The molecule has 4 aromatic rings. The van der Waals surface area contributed by atoms with Crippen LogP contribution in [-0.2, 0) is 25.7 Å². The predicted molar refractivity (Wildman–Crippen MR) is 117 cm³/mol. The largest absolute Gasteiger partial charge is 0.451 e. The van der Waals surface area contributed by atoms with E-state index in [2.05, 4.69) is 15.2 Å². The van der Waals surface area contributed by atoms with Crippen LogP contribution in [0, 0.1) is 5.82 Å². The third-order valence-electron chi connectivity index (χ3n) is 5.73. The molecule has 0 aliphatic carbocycles. The molecule has 35 heavy (non-hydrogen) atoms. The van der Waals surface area contributed by atoms with Crippen molar-refractivity contribution >= 4 is 34.6 Å². The zero-order chi connectivity index (χ0) is 25.1. The molecule has 0 spiro atoms. The van der Waals surface area contributed by atoms with Gasteiger partial charge in [-0.1, -0.05) is 29.3 Å². The summed E-state index contributed by atoms with van der Waals surface area (Å²) in [6.45, 7) is -0.495. The molecule has 5 rings (SSSR count). The molecule has 3 aromatic heterocycles. The molecule has 0 saturated heterocycles. The van der Waals surface area contributed by atoms with Crippen LogP contribution in [0.5, 0.6) is 0 Å². The van der Waals surface area contributed by atoms with Crippen molar-refractivity contribution in [2.24, 2.45) is 0 Å². The van der Waals surface area contributed by atoms with Crippen molar-refractivity contribution in [2.45, 2.75) is 25.7 Å². The highest BCUT2D eigenvalue weighted by Gasteiger charge is 2.40. The molecule has 0 atom stereocenters. The van der Waals surface area contributed by atoms with Crippen molar-refractivity contribution in [3.8, 4) is 0 Å². The fourth-order valence-electron chi connectivity index (χ4n) is 4.09. The van der Waals surface area contributed by atoms with Crippen LogP contribution >= 0.6 is 23.2 Å². The molecule has 14 heteroatoms. The van der Waals surface area contributed by atoms with E-state index in [4.69, 9.17) is 23.2 Å². The molecule has 0 bridgehead atoms. The van der Waals surface area contributed by atoms with Gasteiger partial charge in [0.2, 0.25) is 5.82 Å². The first-order valence-electron chi connectivity index (χ1n) is 10.2. The summed E-state index contributed by atoms with van der Waals surface area (Å²) in [4.78, 5) is 29.0. The molecule has 1 aliphatic heterocycles. The van der Waals surface area contributed by atoms with E-state index in [0.29, 0.717) is 11.3 Å². The van der Waals surface area contributed by atoms with Crippen molar-refractivity contribution in [2.75, 3.05) is 6.54 Å². The number of carbonyl (C=O) groups is 1. The Hall–Kier alpha value is -3.38. The summed E-state index contributed by atoms with van der Waals surface area (Å²) in [6, 6.07) is 5.38. The Balaban J connectivity index is 1.43. The van der Waals surface area contributed by atoms with Crippen molar-refractivity contribution in [1.29, 1.82) is 0 Å². The minimum Gasteiger partial charge on any atom is -0.329 e. The first-order valence-corrected chi connectivity index (χ1v) is 10.9. The standard InChI is InChI=1S/C21H14Cl2F4N6O2/c22-13-7-15-18(34)28-8-11(33(15)17(13)23)5-10-1-2-14(24)12(6-10)19(35)31-3-4-32-16(9-31)29-30-20(32)21(25,26)27/h1-2,6-8H,3-5,9H2,(H,28,34). The lowest BCUT2D eigenvalue weighted by atomic mass is 10.0. The summed E-state index contributed by atoms with van der Waals surface area (Å²) in [5, 5.41) is 7.05. The van der Waals surface area contributed by atoms with Gasteiger partial charge in [-0.15, -0.1) is 10.2 Å². The Morgan fingerprint density at radius 3 is 2.66 bits per heavy atom. The Kier molecular flexibility index (Phi) is 5.59. The van der Waals surface area contributed by atoms with Gasteiger partial charge in [0.25, 0.3) is 11.5 Å². The number of hydrogen-bond acceptors (Lipinski definition) is 4. The fraction of sp³-hybridized carbons (Fsp3) is 0.238. The number of nitrogens with zero attached hydrogens (tertiary/aromatic N) is 5. The number of nitrogens with one attached hydrogen (secondary N) is 1. The Bertz CT molecular complexity index is 1540. The van der Waals surface area contributed by atoms with Gasteiger partial charge in [0, 0.05) is 31.4 Å². The summed E-state index contributed by atoms with van der Waals surface area (Å²) >= 11 is 12.3. The van der Waals surface area contributed by atoms with Gasteiger partial charge in [-0.05, 0) is 23.8 Å². The van der Waals surface area contributed by atoms with E-state index in [1.54, 1.807) is 0 Å². The van der Waals surface area contributed by atoms with Crippen LogP contribution in [0.3, 0.4) is 0 Å². The van der Waals surface area contributed by atoms with Crippen LogP contribution in [0.25, 0.3) is 5.52 Å². The van der Waals surface area contributed by atoms with Crippen LogP contribution in [0.1, 0.15) is 33.3 Å². The lowest BCUT2D eigenvalue weighted by molar-refractivity contribution is -0.147. The number of alkyl halides is 3. The highest BCUT2D eigenvalue weighted by Crippen LogP contribution is 2.30. The second-order valence-electron chi connectivity index (χ2n) is 7.92. The summed E-state index contributed by atoms with van der Waals surface area (Å²) < 4.78 is 56.2. The number of aromatic nitrogens is 5. The van der Waals surface area contributed by atoms with Crippen molar-refractivity contribution in [3.63, 3.8) is 0 Å². The highest BCUT2D eigenvalue weighted by molar-refractivity contribution is 6.42. The van der Waals surface area contributed by atoms with Crippen LogP contribution in [-0.4, -0.2) is 41.5 Å². The molecule has 1 N–H and O–H groups in total. The first-order chi connectivity index (χ1) is 16.5. The summed E-state index contributed by atoms with van der Waals surface area (Å²) in [6.07, 6.45) is -3.06. The lowest BCUT2D eigenvalue weighted by Crippen LogP contribution is -2.39. The lowest BCUT2D eigenvalue weighted by Gasteiger charge is -2.28. The quantitative estimate of drug-likeness (QED) is 0.408. The van der Waals surface area contributed by atoms with Gasteiger partial charge < -0.3 is 14.5 Å². The van der Waals surface area contributed by atoms with E-state index in [-0.39, 0.29) is 53.1 Å². The van der Waals surface area contributed by atoms with E-state index in [1.807, 2.05) is 0 Å². The zero-order valence-electron chi connectivity index (χ0n) is 17.5. The van der Waals surface area contributed by atoms with Crippen LogP contribution in [0.4, 0.5) is 17.6 Å². The van der Waals surface area contributed by atoms with Gasteiger partial charge in [0.1, 0.15) is 16.5 Å². The third-order valence-corrected chi connectivity index (χ3v) is 6.49. The monoisotopic (exact) mass is 528 g/mol. The molecule has 0 radical (unpaired) electrons. The Labute approximate surface area is 203 Å². The number of aromatic amines is 1. The molecule has 8 nitrogen and oxygen atoms in total. The van der Waals surface area contributed by atoms with E-state index < -0.39 is 29.3 Å². The number of H-pyrrole nitrogens is 1. The van der Waals surface area contributed by atoms with E-state index in [9.17, 15) is 27.2 Å². The molecule has 4 heterocycles. The number of fused-ring (bicyclic) bond motifs is 2. The Morgan fingerprint density at radius 1 is 1.14 bits per heavy atom. The third kappa shape index (κ3) is 4.06. The van der Waals surface area contributed by atoms with E-state index >= 15 is 0 Å².